The Morgan fingerprint density at radius 1 is 0.267 bits per heavy atom. The summed E-state index contributed by atoms with van der Waals surface area (Å²) in [5.74, 6) is 59.0. The molecule has 0 spiro atoms. The molecule has 2 aliphatic carbocycles. The quantitative estimate of drug-likeness (QED) is 0.0374. The van der Waals surface area contributed by atoms with Gasteiger partial charge in [0.25, 0.3) is 0 Å². The predicted molar refractivity (Wildman–Crippen MR) is 614 cm³/mol. The summed E-state index contributed by atoms with van der Waals surface area (Å²) in [4.78, 5) is 0. The third-order valence-corrected chi connectivity index (χ3v) is 26.9. The number of hydrogen-bond donors (Lipinski definition) is 4. The minimum absolute atomic E-state index is 0.303. The van der Waals surface area contributed by atoms with Crippen LogP contribution >= 0.6 is 0 Å². The Labute approximate surface area is 907 Å². The minimum atomic E-state index is -1.29. The molecule has 810 valence electrons. The van der Waals surface area contributed by atoms with Gasteiger partial charge in [0, 0.05) is 118 Å². The highest BCUT2D eigenvalue weighted by Crippen LogP contribution is 2.60. The van der Waals surface area contributed by atoms with Gasteiger partial charge in [-0.2, -0.15) is 5.26 Å². The number of benzene rings is 4. The number of aliphatic hydroxyl groups is 4. The van der Waals surface area contributed by atoms with Crippen LogP contribution in [0, 0.1) is 149 Å². The van der Waals surface area contributed by atoms with E-state index in [2.05, 4.69) is 336 Å². The van der Waals surface area contributed by atoms with Crippen LogP contribution in [0.25, 0.3) is 0 Å². The number of halogens is 1. The molecule has 0 aromatic heterocycles. The van der Waals surface area contributed by atoms with E-state index in [1.807, 2.05) is 0 Å². The monoisotopic (exact) mass is 2040 g/mol. The number of allylic oxidation sites excluding steroid dienone is 4. The summed E-state index contributed by atoms with van der Waals surface area (Å²) < 4.78 is 73.1. The number of nitriles is 1. The fraction of sp³-hybridized carbons (Fsp3) is 0.610. The molecule has 8 bridgehead atoms. The molecule has 4 heterocycles. The first kappa shape index (κ1) is 124. The molecule has 6 aliphatic rings. The molecule has 0 atom stereocenters. The summed E-state index contributed by atoms with van der Waals surface area (Å²) >= 11 is 0. The lowest BCUT2D eigenvalue weighted by molar-refractivity contribution is 0.0972. The fourth-order valence-corrected chi connectivity index (χ4v) is 18.3. The summed E-state index contributed by atoms with van der Waals surface area (Å²) in [6.07, 6.45) is 22.2. The van der Waals surface area contributed by atoms with Crippen LogP contribution in [-0.2, 0) is 0 Å². The summed E-state index contributed by atoms with van der Waals surface area (Å²) in [7, 11) is 0. The van der Waals surface area contributed by atoms with Gasteiger partial charge < -0.3 is 58.3 Å². The molecular weight excluding hydrogens is 1860 g/mol. The highest BCUT2D eigenvalue weighted by molar-refractivity contribution is 5.76. The second-order valence-electron chi connectivity index (χ2n) is 51.8. The number of rotatable bonds is 20. The van der Waals surface area contributed by atoms with Crippen molar-refractivity contribution in [2.45, 2.75) is 469 Å². The van der Waals surface area contributed by atoms with Gasteiger partial charge in [0.2, 0.25) is 27.2 Å². The van der Waals surface area contributed by atoms with Gasteiger partial charge in [-0.25, -0.2) is 4.39 Å². The third kappa shape index (κ3) is 36.1. The van der Waals surface area contributed by atoms with Crippen molar-refractivity contribution in [2.75, 3.05) is 27.2 Å². The summed E-state index contributed by atoms with van der Waals surface area (Å²) in [6.45, 7) is 74.0. The molecule has 0 saturated heterocycles. The molecule has 4 aliphatic heterocycles. The van der Waals surface area contributed by atoms with Crippen LogP contribution in [0.1, 0.15) is 507 Å². The maximum atomic E-state index is 12.2. The molecule has 0 unspecified atom stereocenters. The molecule has 4 aromatic rings. The first-order valence-electron chi connectivity index (χ1n) is 55.7. The van der Waals surface area contributed by atoms with Gasteiger partial charge in [-0.15, -0.1) is 0 Å². The van der Waals surface area contributed by atoms with Crippen molar-refractivity contribution < 1.29 is 62.7 Å². The molecular formula is C136H182FNO12. The third-order valence-electron chi connectivity index (χ3n) is 26.9. The maximum Gasteiger partial charge on any atom is 0.231 e. The Morgan fingerprint density at radius 2 is 0.427 bits per heavy atom. The molecule has 150 heavy (non-hydrogen) atoms. The average molecular weight is 2040 g/mol. The van der Waals surface area contributed by atoms with Crippen LogP contribution in [0.3, 0.4) is 0 Å². The van der Waals surface area contributed by atoms with Gasteiger partial charge in [0.05, 0.1) is 50.7 Å². The molecule has 10 rings (SSSR count). The Balaban J connectivity index is 0.00000259. The van der Waals surface area contributed by atoms with Crippen LogP contribution < -0.4 is 37.9 Å². The highest BCUT2D eigenvalue weighted by atomic mass is 19.1. The smallest absolute Gasteiger partial charge is 0.231 e. The van der Waals surface area contributed by atoms with E-state index >= 15 is 0 Å². The number of unbranched alkanes of at least 4 members (excludes halogenated alkanes) is 12. The average Bonchev–Trinajstić information content (AvgIpc) is 0.716. The zero-order valence-corrected chi connectivity index (χ0v) is 99.1. The first-order chi connectivity index (χ1) is 69.7. The van der Waals surface area contributed by atoms with Crippen molar-refractivity contribution in [3.63, 3.8) is 0 Å². The zero-order valence-electron chi connectivity index (χ0n) is 99.1. The van der Waals surface area contributed by atoms with Crippen molar-refractivity contribution in [1.82, 2.24) is 0 Å². The van der Waals surface area contributed by atoms with Gasteiger partial charge in [-0.05, 0) is 118 Å². The zero-order chi connectivity index (χ0) is 112. The Kier molecular flexibility index (Phi) is 43.6. The summed E-state index contributed by atoms with van der Waals surface area (Å²) in [5.41, 5.74) is 20.4. The van der Waals surface area contributed by atoms with Crippen LogP contribution in [0.4, 0.5) is 4.39 Å². The molecule has 0 amide bonds. The Bertz CT molecular complexity index is 5510. The van der Waals surface area contributed by atoms with Crippen molar-refractivity contribution in [3.8, 4) is 147 Å². The van der Waals surface area contributed by atoms with Crippen molar-refractivity contribution in [2.24, 2.45) is 43.3 Å². The highest BCUT2D eigenvalue weighted by Gasteiger charge is 2.43. The Hall–Kier alpha value is -10.9. The predicted octanol–water partition coefficient (Wildman–Crippen LogP) is 32.8. The molecule has 1 fully saturated rings. The van der Waals surface area contributed by atoms with E-state index in [-0.39, 0.29) is 27.2 Å². The number of ether oxygens (including phenoxy) is 8. The lowest BCUT2D eigenvalue weighted by Gasteiger charge is -2.36. The largest absolute Gasteiger partial charge is 0.456 e. The number of hydrogen-bond acceptors (Lipinski definition) is 13. The lowest BCUT2D eigenvalue weighted by atomic mass is 9.74. The van der Waals surface area contributed by atoms with Crippen LogP contribution in [0.5, 0.6) is 46.0 Å². The van der Waals surface area contributed by atoms with Crippen LogP contribution in [-0.4, -0.2) is 76.2 Å². The normalized spacial score (nSPS) is 16.0. The minimum Gasteiger partial charge on any atom is -0.456 e. The van der Waals surface area contributed by atoms with E-state index in [9.17, 15) is 24.8 Å². The summed E-state index contributed by atoms with van der Waals surface area (Å²) in [5, 5.41) is 52.3. The lowest BCUT2D eigenvalue weighted by Crippen LogP contribution is -2.25. The van der Waals surface area contributed by atoms with E-state index in [1.54, 1.807) is 61.5 Å². The van der Waals surface area contributed by atoms with Gasteiger partial charge in [-0.3, -0.25) is 0 Å². The summed E-state index contributed by atoms with van der Waals surface area (Å²) in [6, 6.07) is 11.4. The fourth-order valence-electron chi connectivity index (χ4n) is 18.3. The van der Waals surface area contributed by atoms with E-state index < -0.39 is 95.6 Å². The van der Waals surface area contributed by atoms with Crippen LogP contribution in [0.2, 0.25) is 0 Å². The van der Waals surface area contributed by atoms with E-state index in [4.69, 9.17) is 43.2 Å². The van der Waals surface area contributed by atoms with Crippen molar-refractivity contribution >= 4 is 0 Å². The molecule has 13 nitrogen and oxygen atoms in total. The topological polar surface area (TPSA) is 179 Å². The SMILES string of the molecule is CC#N.CCCCCCC1c2cc3c4c(C#CC(=C=C(C#CC(C)(C)O)C(C)(C)C)C(C)(C)C)c2OCOc2c1cc1c(c2C#CC(=C=C(C#CC(C)(C)O)C(C)(C)C)C(C)(C)C)OCOc2c(cc5c(c2C#CC(=C=C(C#CC(C)(C)O)C(C)(C)C)C(C)(C)C)OCOc2c(cc(c(c2C#CC(=C=C(C#CC(C)(C)O)C(C)(C)C)C(C)(C)C)OCO4)C3CCCCCC)C5CCCCCC)C1CCCCCC.FC1CCCCC1. The van der Waals surface area contributed by atoms with Gasteiger partial charge in [0.1, 0.15) is 96.8 Å². The maximum absolute atomic E-state index is 12.2. The Morgan fingerprint density at radius 3 is 0.560 bits per heavy atom. The number of alkyl halides is 1. The first-order valence-corrected chi connectivity index (χ1v) is 55.7. The molecule has 0 radical (unpaired) electrons. The van der Waals surface area contributed by atoms with E-state index in [0.717, 1.165) is 173 Å². The number of nitrogens with zero attached hydrogens (tertiary/aromatic N) is 1. The van der Waals surface area contributed by atoms with Gasteiger partial charge in [-0.1, -0.05) is 434 Å². The van der Waals surface area contributed by atoms with Crippen molar-refractivity contribution in [3.05, 3.63) is 159 Å². The molecule has 4 N–H and O–H groups in total. The molecule has 4 aromatic carbocycles. The molecule has 14 heteroatoms. The molecule has 1 saturated carbocycles. The van der Waals surface area contributed by atoms with Crippen molar-refractivity contribution in [1.29, 1.82) is 5.26 Å². The van der Waals surface area contributed by atoms with Crippen LogP contribution in [0.15, 0.2) is 91.8 Å². The van der Waals surface area contributed by atoms with E-state index in [1.165, 1.54) is 13.3 Å². The standard InChI is InChI=1S/C128H168O12.C6H11F.C2H3N/c1-37-41-45-49-53-93-101-77-103-94(54-50-46-42-38-2)105-79-107-96(56-52-48-44-40-4)108-80-106-95(55-51-47-43-39-3)104-78-102(93)110-98(62-58-86(118(8,9)10)74-90(122(20,21)22)66-70-126(31,32)130)112(104)136-83-138-114(106)100(64-60-88(120(14,15)16)76-92(124(26,27)28)68-72-128(35,36)132)116(108)140-84-139-115(107)99(63-59-87(119(11,12)13)75-91(123(23,24)25)67-71-127(33,34)131)113(105)137-82-135-111(103)97(109(101)133-81-134-110)61-57-85(117(5,6)7)73-89(121(17,18)19)65-69-125(29,30)129;7-6-4-2-1-3-5-6;1-2-3/h77-80,93-96,129-132H,37-56,81-84H2,1-36H3;6H,1-5H2;1H3. The van der Waals surface area contributed by atoms with Gasteiger partial charge in [0.15, 0.2) is 0 Å². The van der Waals surface area contributed by atoms with Gasteiger partial charge >= 0.3 is 0 Å². The second-order valence-corrected chi connectivity index (χ2v) is 51.8. The second kappa shape index (κ2) is 52.6. The van der Waals surface area contributed by atoms with E-state index in [0.29, 0.717) is 139 Å².